The number of benzene rings is 2. The minimum atomic E-state index is -1.57. The van der Waals surface area contributed by atoms with E-state index in [0.717, 1.165) is 0 Å². The highest BCUT2D eigenvalue weighted by molar-refractivity contribution is 6.17. The molecule has 1 aliphatic carbocycles. The van der Waals surface area contributed by atoms with E-state index < -0.39 is 11.5 Å². The van der Waals surface area contributed by atoms with Gasteiger partial charge in [0.05, 0.1) is 12.8 Å². The van der Waals surface area contributed by atoms with Crippen molar-refractivity contribution >= 4 is 23.2 Å². The molecule has 2 aliphatic heterocycles. The Labute approximate surface area is 186 Å². The van der Waals surface area contributed by atoms with Crippen LogP contribution in [0, 0.1) is 11.3 Å². The number of hydrogen-bond donors (Lipinski definition) is 0. The number of para-hydroxylation sites is 1. The predicted octanol–water partition coefficient (Wildman–Crippen LogP) is 4.04. The molecular weight excluding hydrogens is 406 g/mol. The summed E-state index contributed by atoms with van der Waals surface area (Å²) in [6, 6.07) is 14.1. The molecule has 6 heteroatoms. The lowest BCUT2D eigenvalue weighted by atomic mass is 9.69. The number of ketones is 2. The molecule has 5 rings (SSSR count). The van der Waals surface area contributed by atoms with Crippen LogP contribution in [-0.4, -0.2) is 31.6 Å². The molecular formula is C26H25NO5. The quantitative estimate of drug-likeness (QED) is 0.686. The molecule has 0 unspecified atom stereocenters. The zero-order valence-electron chi connectivity index (χ0n) is 18.6. The van der Waals surface area contributed by atoms with Crippen LogP contribution < -0.4 is 9.64 Å². The Kier molecular flexibility index (Phi) is 4.35. The molecule has 164 valence electrons. The Morgan fingerprint density at radius 1 is 1.06 bits per heavy atom. The SMILES string of the molecule is COc1ccc(C(=O)[C@H]2C3=C(CC(C)(C)CC3=O)O[C@]23C(=O)N(C)c2ccccc23)cc1. The molecule has 0 radical (unpaired) electrons. The van der Waals surface area contributed by atoms with Crippen molar-refractivity contribution in [3.63, 3.8) is 0 Å². The molecule has 0 N–H and O–H groups in total. The third-order valence-electron chi connectivity index (χ3n) is 6.78. The summed E-state index contributed by atoms with van der Waals surface area (Å²) in [5.74, 6) is -0.699. The van der Waals surface area contributed by atoms with Crippen LogP contribution in [0.25, 0.3) is 0 Å². The molecule has 1 amide bonds. The van der Waals surface area contributed by atoms with Crippen molar-refractivity contribution in [1.29, 1.82) is 0 Å². The molecule has 0 saturated carbocycles. The van der Waals surface area contributed by atoms with Crippen LogP contribution in [0.1, 0.15) is 42.6 Å². The minimum Gasteiger partial charge on any atom is -0.497 e. The number of rotatable bonds is 3. The van der Waals surface area contributed by atoms with Crippen LogP contribution in [0.15, 0.2) is 59.9 Å². The first-order chi connectivity index (χ1) is 15.2. The Morgan fingerprint density at radius 3 is 2.44 bits per heavy atom. The van der Waals surface area contributed by atoms with Crippen LogP contribution in [0.3, 0.4) is 0 Å². The van der Waals surface area contributed by atoms with Crippen molar-refractivity contribution in [2.24, 2.45) is 11.3 Å². The maximum atomic E-state index is 14.0. The second-order valence-corrected chi connectivity index (χ2v) is 9.52. The summed E-state index contributed by atoms with van der Waals surface area (Å²) in [6.07, 6.45) is 0.810. The van der Waals surface area contributed by atoms with E-state index in [0.29, 0.717) is 46.7 Å². The lowest BCUT2D eigenvalue weighted by Crippen LogP contribution is -2.47. The number of nitrogens with zero attached hydrogens (tertiary/aromatic N) is 1. The molecule has 3 aliphatic rings. The lowest BCUT2D eigenvalue weighted by molar-refractivity contribution is -0.139. The fourth-order valence-electron chi connectivity index (χ4n) is 5.32. The minimum absolute atomic E-state index is 0.125. The van der Waals surface area contributed by atoms with Crippen LogP contribution in [-0.2, 0) is 19.9 Å². The van der Waals surface area contributed by atoms with E-state index in [2.05, 4.69) is 0 Å². The number of anilines is 1. The zero-order chi connectivity index (χ0) is 22.8. The molecule has 0 bridgehead atoms. The van der Waals surface area contributed by atoms with Gasteiger partial charge >= 0.3 is 0 Å². The molecule has 0 saturated heterocycles. The van der Waals surface area contributed by atoms with Crippen molar-refractivity contribution < 1.29 is 23.9 Å². The fraction of sp³-hybridized carbons (Fsp3) is 0.346. The third-order valence-corrected chi connectivity index (χ3v) is 6.78. The molecule has 6 nitrogen and oxygen atoms in total. The van der Waals surface area contributed by atoms with E-state index in [1.807, 2.05) is 38.1 Å². The second kappa shape index (κ2) is 6.79. The van der Waals surface area contributed by atoms with Gasteiger partial charge in [0.1, 0.15) is 17.4 Å². The second-order valence-electron chi connectivity index (χ2n) is 9.52. The van der Waals surface area contributed by atoms with Crippen molar-refractivity contribution in [2.45, 2.75) is 32.3 Å². The van der Waals surface area contributed by atoms with Crippen LogP contribution >= 0.6 is 0 Å². The number of Topliss-reactive ketones (excluding diaryl/α,β-unsaturated/α-hetero) is 2. The van der Waals surface area contributed by atoms with Gasteiger partial charge in [-0.1, -0.05) is 32.0 Å². The van der Waals surface area contributed by atoms with E-state index in [-0.39, 0.29) is 22.9 Å². The van der Waals surface area contributed by atoms with Gasteiger partial charge in [-0.3, -0.25) is 14.4 Å². The Balaban J connectivity index is 1.72. The van der Waals surface area contributed by atoms with Crippen molar-refractivity contribution in [2.75, 3.05) is 19.1 Å². The summed E-state index contributed by atoms with van der Waals surface area (Å²) in [6.45, 7) is 4.00. The van der Waals surface area contributed by atoms with E-state index in [4.69, 9.17) is 9.47 Å². The summed E-state index contributed by atoms with van der Waals surface area (Å²) >= 11 is 0. The number of allylic oxidation sites excluding steroid dienone is 1. The average molecular weight is 431 g/mol. The molecule has 0 fully saturated rings. The van der Waals surface area contributed by atoms with E-state index in [9.17, 15) is 14.4 Å². The lowest BCUT2D eigenvalue weighted by Gasteiger charge is -2.30. The maximum Gasteiger partial charge on any atom is 0.276 e. The van der Waals surface area contributed by atoms with Gasteiger partial charge in [-0.05, 0) is 35.7 Å². The summed E-state index contributed by atoms with van der Waals surface area (Å²) in [5, 5.41) is 0. The van der Waals surface area contributed by atoms with Crippen molar-refractivity contribution in [3.05, 3.63) is 71.0 Å². The number of carbonyl (C=O) groups excluding carboxylic acids is 3. The van der Waals surface area contributed by atoms with Gasteiger partial charge in [-0.25, -0.2) is 0 Å². The van der Waals surface area contributed by atoms with Crippen molar-refractivity contribution in [1.82, 2.24) is 0 Å². The first kappa shape index (κ1) is 20.5. The number of carbonyl (C=O) groups is 3. The molecule has 2 aromatic rings. The highest BCUT2D eigenvalue weighted by Crippen LogP contribution is 2.58. The maximum absolute atomic E-state index is 14.0. The van der Waals surface area contributed by atoms with Gasteiger partial charge in [-0.15, -0.1) is 0 Å². The number of methoxy groups -OCH3 is 1. The third kappa shape index (κ3) is 2.68. The number of likely N-dealkylation sites (N-methyl/N-ethyl adjacent to an activating group) is 1. The Bertz CT molecular complexity index is 1190. The molecule has 32 heavy (non-hydrogen) atoms. The van der Waals surface area contributed by atoms with Gasteiger partial charge in [0, 0.05) is 36.6 Å². The van der Waals surface area contributed by atoms with E-state index in [1.54, 1.807) is 38.4 Å². The van der Waals surface area contributed by atoms with E-state index in [1.165, 1.54) is 4.90 Å². The topological polar surface area (TPSA) is 72.9 Å². The van der Waals surface area contributed by atoms with Gasteiger partial charge in [0.15, 0.2) is 11.6 Å². The fourth-order valence-corrected chi connectivity index (χ4v) is 5.32. The zero-order valence-corrected chi connectivity index (χ0v) is 18.6. The number of ether oxygens (including phenoxy) is 2. The van der Waals surface area contributed by atoms with Crippen LogP contribution in [0.5, 0.6) is 5.75 Å². The molecule has 2 aromatic carbocycles. The summed E-state index contributed by atoms with van der Waals surface area (Å²) < 4.78 is 11.7. The van der Waals surface area contributed by atoms with Gasteiger partial charge in [0.25, 0.3) is 5.91 Å². The highest BCUT2D eigenvalue weighted by atomic mass is 16.5. The Hall–Kier alpha value is -3.41. The Morgan fingerprint density at radius 2 is 1.75 bits per heavy atom. The van der Waals surface area contributed by atoms with E-state index >= 15 is 0 Å². The van der Waals surface area contributed by atoms with Gasteiger partial charge < -0.3 is 14.4 Å². The van der Waals surface area contributed by atoms with Gasteiger partial charge in [-0.2, -0.15) is 0 Å². The molecule has 1 spiro atoms. The first-order valence-electron chi connectivity index (χ1n) is 10.7. The smallest absolute Gasteiger partial charge is 0.276 e. The summed E-state index contributed by atoms with van der Waals surface area (Å²) in [5.41, 5.74) is 0.204. The number of amides is 1. The average Bonchev–Trinajstić information content (AvgIpc) is 3.21. The normalized spacial score (nSPS) is 25.6. The summed E-state index contributed by atoms with van der Waals surface area (Å²) in [4.78, 5) is 42.6. The summed E-state index contributed by atoms with van der Waals surface area (Å²) in [7, 11) is 3.23. The predicted molar refractivity (Wildman–Crippen MR) is 118 cm³/mol. The molecule has 2 heterocycles. The number of fused-ring (bicyclic) bond motifs is 2. The largest absolute Gasteiger partial charge is 0.497 e. The molecule has 2 atom stereocenters. The highest BCUT2D eigenvalue weighted by Gasteiger charge is 2.66. The van der Waals surface area contributed by atoms with Crippen LogP contribution in [0.2, 0.25) is 0 Å². The monoisotopic (exact) mass is 431 g/mol. The van der Waals surface area contributed by atoms with Crippen molar-refractivity contribution in [3.8, 4) is 5.75 Å². The first-order valence-corrected chi connectivity index (χ1v) is 10.7. The van der Waals surface area contributed by atoms with Gasteiger partial charge in [0.2, 0.25) is 5.60 Å². The standard InChI is InChI=1S/C26H25NO5/c1-25(2)13-19(28)21-20(14-25)32-26(17-7-5-6-8-18(17)27(3)24(26)30)22(21)23(29)15-9-11-16(31-4)12-10-15/h5-12,22H,13-14H2,1-4H3/t22-,26+/m1/s1. The van der Waals surface area contributed by atoms with Crippen LogP contribution in [0.4, 0.5) is 5.69 Å². The number of hydrogen-bond acceptors (Lipinski definition) is 5. The molecule has 0 aromatic heterocycles.